The summed E-state index contributed by atoms with van der Waals surface area (Å²) in [5.41, 5.74) is 5.15. The molecule has 1 aromatic rings. The molecule has 0 radical (unpaired) electrons. The number of nitrogens with zero attached hydrogens (tertiary/aromatic N) is 1. The molecule has 0 spiro atoms. The van der Waals surface area contributed by atoms with E-state index in [0.29, 0.717) is 11.5 Å². The van der Waals surface area contributed by atoms with Gasteiger partial charge in [0.15, 0.2) is 5.90 Å². The molecule has 0 fully saturated rings. The second-order valence-corrected chi connectivity index (χ2v) is 3.68. The number of alkyl halides is 3. The Bertz CT molecular complexity index is 443. The van der Waals surface area contributed by atoms with Crippen molar-refractivity contribution in [1.29, 1.82) is 0 Å². The third kappa shape index (κ3) is 2.58. The highest BCUT2D eigenvalue weighted by molar-refractivity contribution is 5.79. The molecule has 1 aliphatic heterocycles. The third-order valence-corrected chi connectivity index (χ3v) is 2.48. The van der Waals surface area contributed by atoms with E-state index in [1.54, 1.807) is 6.07 Å². The minimum absolute atomic E-state index is 0.162. The number of halogens is 3. The molecule has 0 amide bonds. The molecule has 17 heavy (non-hydrogen) atoms. The molecule has 3 nitrogen and oxygen atoms in total. The highest BCUT2D eigenvalue weighted by Gasteiger charge is 2.31. The molecule has 2 rings (SSSR count). The zero-order valence-corrected chi connectivity index (χ0v) is 8.87. The van der Waals surface area contributed by atoms with Crippen LogP contribution < -0.4 is 5.73 Å². The number of rotatable bonds is 2. The molecule has 0 bridgehead atoms. The van der Waals surface area contributed by atoms with Gasteiger partial charge in [0.25, 0.3) is 0 Å². The Hall–Kier alpha value is -1.56. The molecule has 1 heterocycles. The predicted molar refractivity (Wildman–Crippen MR) is 56.6 cm³/mol. The van der Waals surface area contributed by atoms with Gasteiger partial charge < -0.3 is 10.5 Å². The zero-order chi connectivity index (χ0) is 12.5. The van der Waals surface area contributed by atoms with Gasteiger partial charge in [0.2, 0.25) is 0 Å². The molecular weight excluding hydrogens is 233 g/mol. The summed E-state index contributed by atoms with van der Waals surface area (Å²) in [7, 11) is 0. The lowest BCUT2D eigenvalue weighted by molar-refractivity contribution is -0.137. The molecule has 1 aromatic carbocycles. The SMILES string of the molecule is NCC1=NC(c2cccc(C(F)(F)F)c2)CO1. The molecule has 1 aliphatic rings. The molecule has 0 saturated carbocycles. The van der Waals surface area contributed by atoms with Crippen molar-refractivity contribution < 1.29 is 17.9 Å². The maximum absolute atomic E-state index is 12.5. The second-order valence-electron chi connectivity index (χ2n) is 3.68. The van der Waals surface area contributed by atoms with Crippen LogP contribution in [0.15, 0.2) is 29.3 Å². The van der Waals surface area contributed by atoms with E-state index in [-0.39, 0.29) is 13.2 Å². The molecule has 1 unspecified atom stereocenters. The topological polar surface area (TPSA) is 47.6 Å². The molecular formula is C11H11F3N2O. The van der Waals surface area contributed by atoms with E-state index in [4.69, 9.17) is 10.5 Å². The van der Waals surface area contributed by atoms with Crippen LogP contribution in [-0.2, 0) is 10.9 Å². The summed E-state index contributed by atoms with van der Waals surface area (Å²) in [6, 6.07) is 4.71. The highest BCUT2D eigenvalue weighted by Crippen LogP contribution is 2.32. The van der Waals surface area contributed by atoms with Crippen LogP contribution in [0.4, 0.5) is 13.2 Å². The first-order chi connectivity index (χ1) is 8.00. The number of hydrogen-bond donors (Lipinski definition) is 1. The van der Waals surface area contributed by atoms with E-state index >= 15 is 0 Å². The fraction of sp³-hybridized carbons (Fsp3) is 0.364. The van der Waals surface area contributed by atoms with E-state index < -0.39 is 17.8 Å². The van der Waals surface area contributed by atoms with Crippen molar-refractivity contribution in [3.05, 3.63) is 35.4 Å². The summed E-state index contributed by atoms with van der Waals surface area (Å²) in [6.07, 6.45) is -4.34. The van der Waals surface area contributed by atoms with Crippen molar-refractivity contribution in [2.75, 3.05) is 13.2 Å². The minimum atomic E-state index is -4.34. The number of benzene rings is 1. The average Bonchev–Trinajstić information content (AvgIpc) is 2.76. The number of hydrogen-bond acceptors (Lipinski definition) is 3. The monoisotopic (exact) mass is 244 g/mol. The zero-order valence-electron chi connectivity index (χ0n) is 8.87. The Labute approximate surface area is 96.1 Å². The van der Waals surface area contributed by atoms with E-state index in [1.165, 1.54) is 6.07 Å². The Kier molecular flexibility index (Phi) is 3.06. The van der Waals surface area contributed by atoms with E-state index in [2.05, 4.69) is 4.99 Å². The van der Waals surface area contributed by atoms with Gasteiger partial charge in [0.1, 0.15) is 12.6 Å². The molecule has 1 atom stereocenters. The maximum atomic E-state index is 12.5. The average molecular weight is 244 g/mol. The van der Waals surface area contributed by atoms with Gasteiger partial charge in [0, 0.05) is 0 Å². The first-order valence-corrected chi connectivity index (χ1v) is 5.07. The van der Waals surface area contributed by atoms with Crippen LogP contribution in [0, 0.1) is 0 Å². The van der Waals surface area contributed by atoms with E-state index in [9.17, 15) is 13.2 Å². The van der Waals surface area contributed by atoms with Crippen molar-refractivity contribution in [2.24, 2.45) is 10.7 Å². The van der Waals surface area contributed by atoms with Gasteiger partial charge in [-0.1, -0.05) is 12.1 Å². The van der Waals surface area contributed by atoms with Crippen LogP contribution in [0.25, 0.3) is 0 Å². The maximum Gasteiger partial charge on any atom is 0.416 e. The fourth-order valence-corrected chi connectivity index (χ4v) is 1.63. The van der Waals surface area contributed by atoms with Crippen molar-refractivity contribution in [3.8, 4) is 0 Å². The van der Waals surface area contributed by atoms with Crippen LogP contribution in [0.3, 0.4) is 0 Å². The first-order valence-electron chi connectivity index (χ1n) is 5.07. The smallest absolute Gasteiger partial charge is 0.416 e. The Morgan fingerprint density at radius 1 is 1.41 bits per heavy atom. The van der Waals surface area contributed by atoms with Crippen molar-refractivity contribution >= 4 is 5.90 Å². The quantitative estimate of drug-likeness (QED) is 0.866. The van der Waals surface area contributed by atoms with Gasteiger partial charge in [-0.05, 0) is 17.7 Å². The third-order valence-electron chi connectivity index (χ3n) is 2.48. The van der Waals surface area contributed by atoms with Gasteiger partial charge in [0.05, 0.1) is 12.1 Å². The summed E-state index contributed by atoms with van der Waals surface area (Å²) >= 11 is 0. The van der Waals surface area contributed by atoms with Gasteiger partial charge in [-0.3, -0.25) is 0 Å². The normalized spacial score (nSPS) is 20.0. The lowest BCUT2D eigenvalue weighted by atomic mass is 10.1. The summed E-state index contributed by atoms with van der Waals surface area (Å²) < 4.78 is 42.7. The predicted octanol–water partition coefficient (Wildman–Crippen LogP) is 2.13. The Morgan fingerprint density at radius 2 is 2.18 bits per heavy atom. The van der Waals surface area contributed by atoms with Crippen LogP contribution in [0.5, 0.6) is 0 Å². The van der Waals surface area contributed by atoms with E-state index in [1.807, 2.05) is 0 Å². The molecule has 0 saturated heterocycles. The fourth-order valence-electron chi connectivity index (χ4n) is 1.63. The van der Waals surface area contributed by atoms with Crippen LogP contribution in [-0.4, -0.2) is 19.0 Å². The number of aliphatic imine (C=N–C) groups is 1. The Morgan fingerprint density at radius 3 is 2.76 bits per heavy atom. The van der Waals surface area contributed by atoms with Crippen LogP contribution in [0.1, 0.15) is 17.2 Å². The summed E-state index contributed by atoms with van der Waals surface area (Å²) in [5, 5.41) is 0. The Balaban J connectivity index is 2.26. The molecule has 0 aromatic heterocycles. The van der Waals surface area contributed by atoms with Gasteiger partial charge in [-0.2, -0.15) is 13.2 Å². The standard InChI is InChI=1S/C11H11F3N2O/c12-11(13,14)8-3-1-2-7(4-8)9-6-17-10(5-15)16-9/h1-4,9H,5-6,15H2. The van der Waals surface area contributed by atoms with Crippen molar-refractivity contribution in [2.45, 2.75) is 12.2 Å². The lowest BCUT2D eigenvalue weighted by Gasteiger charge is -2.10. The first kappa shape index (κ1) is 11.9. The van der Waals surface area contributed by atoms with Gasteiger partial charge >= 0.3 is 6.18 Å². The molecule has 92 valence electrons. The van der Waals surface area contributed by atoms with Gasteiger partial charge in [-0.15, -0.1) is 0 Å². The van der Waals surface area contributed by atoms with Crippen LogP contribution >= 0.6 is 0 Å². The van der Waals surface area contributed by atoms with E-state index in [0.717, 1.165) is 12.1 Å². The molecule has 0 aliphatic carbocycles. The van der Waals surface area contributed by atoms with Gasteiger partial charge in [-0.25, -0.2) is 4.99 Å². The molecule has 2 N–H and O–H groups in total. The largest absolute Gasteiger partial charge is 0.477 e. The highest BCUT2D eigenvalue weighted by atomic mass is 19.4. The summed E-state index contributed by atoms with van der Waals surface area (Å²) in [6.45, 7) is 0.406. The molecule has 6 heteroatoms. The summed E-state index contributed by atoms with van der Waals surface area (Å²) in [4.78, 5) is 4.10. The van der Waals surface area contributed by atoms with Crippen LogP contribution in [0.2, 0.25) is 0 Å². The summed E-state index contributed by atoms with van der Waals surface area (Å²) in [5.74, 6) is 0.382. The minimum Gasteiger partial charge on any atom is -0.477 e. The lowest BCUT2D eigenvalue weighted by Crippen LogP contribution is -2.13. The van der Waals surface area contributed by atoms with Crippen molar-refractivity contribution in [3.63, 3.8) is 0 Å². The number of nitrogens with two attached hydrogens (primary N) is 1. The number of ether oxygens (including phenoxy) is 1. The second kappa shape index (κ2) is 4.37. The van der Waals surface area contributed by atoms with Crippen molar-refractivity contribution in [1.82, 2.24) is 0 Å².